The molecule has 2 heterocycles. The molecule has 1 N–H and O–H groups in total. The van der Waals surface area contributed by atoms with Crippen LogP contribution in [0.1, 0.15) is 29.6 Å². The van der Waals surface area contributed by atoms with E-state index in [9.17, 15) is 9.90 Å². The molecule has 108 valence electrons. The van der Waals surface area contributed by atoms with Crippen molar-refractivity contribution in [2.45, 2.75) is 19.3 Å². The van der Waals surface area contributed by atoms with Crippen LogP contribution in [0.2, 0.25) is 0 Å². The first-order valence-electron chi connectivity index (χ1n) is 7.30. The van der Waals surface area contributed by atoms with Crippen LogP contribution in [-0.2, 0) is 0 Å². The lowest BCUT2D eigenvalue weighted by molar-refractivity contribution is 0.0697. The zero-order chi connectivity index (χ0) is 14.7. The monoisotopic (exact) mass is 282 g/mol. The summed E-state index contributed by atoms with van der Waals surface area (Å²) >= 11 is 0. The van der Waals surface area contributed by atoms with Crippen molar-refractivity contribution in [2.75, 3.05) is 18.0 Å². The van der Waals surface area contributed by atoms with E-state index in [0.29, 0.717) is 5.82 Å². The maximum atomic E-state index is 11.4. The maximum Gasteiger partial charge on any atom is 0.339 e. The molecule has 0 amide bonds. The lowest BCUT2D eigenvalue weighted by Gasteiger charge is -2.29. The van der Waals surface area contributed by atoms with Crippen LogP contribution in [0.25, 0.3) is 11.3 Å². The Morgan fingerprint density at radius 1 is 1.00 bits per heavy atom. The van der Waals surface area contributed by atoms with Crippen LogP contribution in [0.4, 0.5) is 5.82 Å². The summed E-state index contributed by atoms with van der Waals surface area (Å²) < 4.78 is 0. The largest absolute Gasteiger partial charge is 0.478 e. The SMILES string of the molecule is O=C(O)c1ccc(-c2ccccc2)nc1N1CCCCC1. The van der Waals surface area contributed by atoms with E-state index in [-0.39, 0.29) is 5.56 Å². The molecule has 4 heteroatoms. The van der Waals surface area contributed by atoms with Gasteiger partial charge in [-0.3, -0.25) is 0 Å². The highest BCUT2D eigenvalue weighted by atomic mass is 16.4. The predicted molar refractivity (Wildman–Crippen MR) is 82.7 cm³/mol. The highest BCUT2D eigenvalue weighted by molar-refractivity contribution is 5.94. The third-order valence-corrected chi connectivity index (χ3v) is 3.83. The van der Waals surface area contributed by atoms with Gasteiger partial charge in [0.2, 0.25) is 0 Å². The molecule has 0 atom stereocenters. The highest BCUT2D eigenvalue weighted by Gasteiger charge is 2.20. The Kier molecular flexibility index (Phi) is 3.86. The summed E-state index contributed by atoms with van der Waals surface area (Å²) in [7, 11) is 0. The quantitative estimate of drug-likeness (QED) is 0.937. The summed E-state index contributed by atoms with van der Waals surface area (Å²) in [5.74, 6) is -0.314. The molecule has 0 radical (unpaired) electrons. The fraction of sp³-hybridized carbons (Fsp3) is 0.294. The van der Waals surface area contributed by atoms with E-state index in [0.717, 1.165) is 37.2 Å². The summed E-state index contributed by atoms with van der Waals surface area (Å²) in [5.41, 5.74) is 2.12. The van der Waals surface area contributed by atoms with Crippen LogP contribution in [0.3, 0.4) is 0 Å². The van der Waals surface area contributed by atoms with Crippen LogP contribution in [0.5, 0.6) is 0 Å². The minimum atomic E-state index is -0.914. The molecule has 1 aliphatic rings. The first kappa shape index (κ1) is 13.6. The molecule has 0 spiro atoms. The molecule has 1 aliphatic heterocycles. The van der Waals surface area contributed by atoms with E-state index < -0.39 is 5.97 Å². The van der Waals surface area contributed by atoms with Crippen molar-refractivity contribution >= 4 is 11.8 Å². The lowest BCUT2D eigenvalue weighted by atomic mass is 10.1. The van der Waals surface area contributed by atoms with Crippen molar-refractivity contribution in [2.24, 2.45) is 0 Å². The second-order valence-electron chi connectivity index (χ2n) is 5.29. The van der Waals surface area contributed by atoms with Gasteiger partial charge in [0.1, 0.15) is 11.4 Å². The molecule has 0 bridgehead atoms. The Hall–Kier alpha value is -2.36. The Morgan fingerprint density at radius 3 is 2.38 bits per heavy atom. The molecule has 0 unspecified atom stereocenters. The Bertz CT molecular complexity index is 634. The van der Waals surface area contributed by atoms with Crippen molar-refractivity contribution in [1.29, 1.82) is 0 Å². The number of aromatic carboxylic acids is 1. The molecular weight excluding hydrogens is 264 g/mol. The van der Waals surface area contributed by atoms with Crippen molar-refractivity contribution in [3.63, 3.8) is 0 Å². The number of rotatable bonds is 3. The third-order valence-electron chi connectivity index (χ3n) is 3.83. The van der Waals surface area contributed by atoms with Crippen molar-refractivity contribution in [3.05, 3.63) is 48.0 Å². The van der Waals surface area contributed by atoms with E-state index in [2.05, 4.69) is 9.88 Å². The highest BCUT2D eigenvalue weighted by Crippen LogP contribution is 2.26. The number of nitrogens with zero attached hydrogens (tertiary/aromatic N) is 2. The number of benzene rings is 1. The van der Waals surface area contributed by atoms with E-state index in [4.69, 9.17) is 0 Å². The van der Waals surface area contributed by atoms with Gasteiger partial charge < -0.3 is 10.0 Å². The van der Waals surface area contributed by atoms with E-state index in [1.165, 1.54) is 6.42 Å². The molecular formula is C17H18N2O2. The third kappa shape index (κ3) is 2.89. The topological polar surface area (TPSA) is 53.4 Å². The lowest BCUT2D eigenvalue weighted by Crippen LogP contribution is -2.31. The first-order chi connectivity index (χ1) is 10.3. The molecule has 21 heavy (non-hydrogen) atoms. The van der Waals surface area contributed by atoms with E-state index in [1.807, 2.05) is 30.3 Å². The Labute approximate surface area is 124 Å². The van der Waals surface area contributed by atoms with E-state index >= 15 is 0 Å². The van der Waals surface area contributed by atoms with Gasteiger partial charge in [-0.2, -0.15) is 0 Å². The Balaban J connectivity index is 2.03. The number of piperidine rings is 1. The number of hydrogen-bond acceptors (Lipinski definition) is 3. The number of hydrogen-bond donors (Lipinski definition) is 1. The summed E-state index contributed by atoms with van der Waals surface area (Å²) in [5, 5.41) is 9.39. The molecule has 2 aromatic rings. The van der Waals surface area contributed by atoms with E-state index in [1.54, 1.807) is 12.1 Å². The zero-order valence-electron chi connectivity index (χ0n) is 11.8. The van der Waals surface area contributed by atoms with Crippen molar-refractivity contribution in [1.82, 2.24) is 4.98 Å². The van der Waals surface area contributed by atoms with Crippen molar-refractivity contribution < 1.29 is 9.90 Å². The summed E-state index contributed by atoms with van der Waals surface area (Å²) in [6.45, 7) is 1.76. The van der Waals surface area contributed by atoms with Crippen LogP contribution in [0.15, 0.2) is 42.5 Å². The Morgan fingerprint density at radius 2 is 1.71 bits per heavy atom. The van der Waals surface area contributed by atoms with Gasteiger partial charge >= 0.3 is 5.97 Å². The van der Waals surface area contributed by atoms with Gasteiger partial charge in [-0.1, -0.05) is 30.3 Å². The van der Waals surface area contributed by atoms with Gasteiger partial charge in [0, 0.05) is 18.7 Å². The fourth-order valence-electron chi connectivity index (χ4n) is 2.73. The van der Waals surface area contributed by atoms with Gasteiger partial charge in [0.15, 0.2) is 0 Å². The number of carboxylic acids is 1. The standard InChI is InChI=1S/C17H18N2O2/c20-17(21)14-9-10-15(13-7-3-1-4-8-13)18-16(14)19-11-5-2-6-12-19/h1,3-4,7-10H,2,5-6,11-12H2,(H,20,21). The molecule has 1 aromatic carbocycles. The molecule has 0 aliphatic carbocycles. The van der Waals surface area contributed by atoms with Gasteiger partial charge in [-0.15, -0.1) is 0 Å². The van der Waals surface area contributed by atoms with Crippen LogP contribution >= 0.6 is 0 Å². The van der Waals surface area contributed by atoms with Gasteiger partial charge in [-0.05, 0) is 31.4 Å². The minimum Gasteiger partial charge on any atom is -0.478 e. The van der Waals surface area contributed by atoms with Crippen LogP contribution < -0.4 is 4.90 Å². The van der Waals surface area contributed by atoms with Crippen LogP contribution in [-0.4, -0.2) is 29.1 Å². The molecule has 4 nitrogen and oxygen atoms in total. The summed E-state index contributed by atoms with van der Waals surface area (Å²) in [4.78, 5) is 18.2. The number of anilines is 1. The average Bonchev–Trinajstić information content (AvgIpc) is 2.56. The predicted octanol–water partition coefficient (Wildman–Crippen LogP) is 3.44. The zero-order valence-corrected chi connectivity index (χ0v) is 11.8. The molecule has 0 saturated carbocycles. The fourth-order valence-corrected chi connectivity index (χ4v) is 2.73. The number of pyridine rings is 1. The molecule has 1 saturated heterocycles. The smallest absolute Gasteiger partial charge is 0.339 e. The number of aromatic nitrogens is 1. The normalized spacial score (nSPS) is 15.0. The summed E-state index contributed by atoms with van der Waals surface area (Å²) in [6.07, 6.45) is 3.39. The molecule has 3 rings (SSSR count). The number of carbonyl (C=O) groups is 1. The van der Waals surface area contributed by atoms with Gasteiger partial charge in [-0.25, -0.2) is 9.78 Å². The van der Waals surface area contributed by atoms with Gasteiger partial charge in [0.25, 0.3) is 0 Å². The van der Waals surface area contributed by atoms with Crippen molar-refractivity contribution in [3.8, 4) is 11.3 Å². The van der Waals surface area contributed by atoms with Crippen LogP contribution in [0, 0.1) is 0 Å². The second-order valence-corrected chi connectivity index (χ2v) is 5.29. The molecule has 1 fully saturated rings. The average molecular weight is 282 g/mol. The summed E-state index contributed by atoms with van der Waals surface area (Å²) in [6, 6.07) is 13.3. The number of carboxylic acid groups (broad SMARTS) is 1. The van der Waals surface area contributed by atoms with Gasteiger partial charge in [0.05, 0.1) is 5.69 Å². The maximum absolute atomic E-state index is 11.4. The second kappa shape index (κ2) is 5.95. The molecule has 1 aromatic heterocycles. The first-order valence-corrected chi connectivity index (χ1v) is 7.30. The minimum absolute atomic E-state index is 0.289.